The highest BCUT2D eigenvalue weighted by Gasteiger charge is 2.17. The van der Waals surface area contributed by atoms with E-state index in [1.807, 2.05) is 24.3 Å². The Labute approximate surface area is 124 Å². The van der Waals surface area contributed by atoms with Crippen molar-refractivity contribution in [3.8, 4) is 11.6 Å². The normalized spacial score (nSPS) is 11.2. The summed E-state index contributed by atoms with van der Waals surface area (Å²) in [6, 6.07) is 12.5. The summed E-state index contributed by atoms with van der Waals surface area (Å²) in [4.78, 5) is 14.8. The molecule has 0 unspecified atom stereocenters. The third-order valence-corrected chi connectivity index (χ3v) is 3.68. The fourth-order valence-corrected chi connectivity index (χ4v) is 1.89. The maximum atomic E-state index is 10.9. The highest BCUT2D eigenvalue weighted by molar-refractivity contribution is 5.85. The second kappa shape index (κ2) is 5.95. The Balaban J connectivity index is 2.17. The lowest BCUT2D eigenvalue weighted by Crippen LogP contribution is -2.14. The van der Waals surface area contributed by atoms with Crippen molar-refractivity contribution in [2.45, 2.75) is 32.6 Å². The maximum Gasteiger partial charge on any atom is 0.354 e. The zero-order chi connectivity index (χ0) is 15.5. The Kier molecular flexibility index (Phi) is 4.26. The van der Waals surface area contributed by atoms with Crippen LogP contribution in [0.15, 0.2) is 42.5 Å². The summed E-state index contributed by atoms with van der Waals surface area (Å²) in [6.07, 6.45) is 1.05. The molecule has 2 aromatic rings. The molecule has 1 N–H and O–H groups in total. The van der Waals surface area contributed by atoms with Gasteiger partial charge in [0.15, 0.2) is 5.69 Å². The van der Waals surface area contributed by atoms with Gasteiger partial charge in [0.1, 0.15) is 5.75 Å². The van der Waals surface area contributed by atoms with Gasteiger partial charge in [0.25, 0.3) is 0 Å². The summed E-state index contributed by atoms with van der Waals surface area (Å²) in [7, 11) is 0. The summed E-state index contributed by atoms with van der Waals surface area (Å²) in [5, 5.41) is 8.91. The summed E-state index contributed by atoms with van der Waals surface area (Å²) < 4.78 is 5.60. The van der Waals surface area contributed by atoms with Gasteiger partial charge in [-0.25, -0.2) is 9.78 Å². The van der Waals surface area contributed by atoms with Crippen LogP contribution in [0.3, 0.4) is 0 Å². The van der Waals surface area contributed by atoms with E-state index in [-0.39, 0.29) is 17.0 Å². The van der Waals surface area contributed by atoms with Gasteiger partial charge in [0.05, 0.1) is 0 Å². The molecule has 0 saturated carbocycles. The highest BCUT2D eigenvalue weighted by atomic mass is 16.5. The molecular formula is C17H19NO3. The molecule has 0 amide bonds. The Bertz CT molecular complexity index is 633. The molecule has 0 saturated heterocycles. The number of pyridine rings is 1. The standard InChI is InChI=1S/C17H19NO3/c1-4-17(2,3)12-8-10-13(11-9-12)21-15-7-5-6-14(18-15)16(19)20/h5-11H,4H2,1-3H3,(H,19,20). The van der Waals surface area contributed by atoms with E-state index in [0.29, 0.717) is 5.75 Å². The van der Waals surface area contributed by atoms with Gasteiger partial charge in [-0.2, -0.15) is 0 Å². The number of aromatic nitrogens is 1. The maximum absolute atomic E-state index is 10.9. The number of ether oxygens (including phenoxy) is 1. The number of carboxylic acid groups (broad SMARTS) is 1. The number of carbonyl (C=O) groups is 1. The molecule has 21 heavy (non-hydrogen) atoms. The molecular weight excluding hydrogens is 266 g/mol. The molecule has 0 spiro atoms. The largest absolute Gasteiger partial charge is 0.477 e. The van der Waals surface area contributed by atoms with E-state index in [9.17, 15) is 4.79 Å². The van der Waals surface area contributed by atoms with Crippen molar-refractivity contribution in [1.29, 1.82) is 0 Å². The predicted octanol–water partition coefficient (Wildman–Crippen LogP) is 4.26. The lowest BCUT2D eigenvalue weighted by molar-refractivity contribution is 0.0689. The van der Waals surface area contributed by atoms with Gasteiger partial charge in [-0.05, 0) is 35.6 Å². The molecule has 1 aromatic heterocycles. The first-order chi connectivity index (χ1) is 9.92. The SMILES string of the molecule is CCC(C)(C)c1ccc(Oc2cccc(C(=O)O)n2)cc1. The van der Waals surface area contributed by atoms with Gasteiger partial charge in [0, 0.05) is 6.07 Å². The van der Waals surface area contributed by atoms with Crippen LogP contribution >= 0.6 is 0 Å². The van der Waals surface area contributed by atoms with Gasteiger partial charge in [0.2, 0.25) is 5.88 Å². The Hall–Kier alpha value is -2.36. The molecule has 0 fully saturated rings. The topological polar surface area (TPSA) is 59.4 Å². The van der Waals surface area contributed by atoms with E-state index in [1.54, 1.807) is 12.1 Å². The molecule has 2 rings (SSSR count). The number of benzene rings is 1. The van der Waals surface area contributed by atoms with Crippen LogP contribution in [0.2, 0.25) is 0 Å². The van der Waals surface area contributed by atoms with Crippen LogP contribution in [0.1, 0.15) is 43.2 Å². The van der Waals surface area contributed by atoms with Gasteiger partial charge in [-0.3, -0.25) is 0 Å². The van der Waals surface area contributed by atoms with Crippen molar-refractivity contribution >= 4 is 5.97 Å². The lowest BCUT2D eigenvalue weighted by Gasteiger charge is -2.23. The van der Waals surface area contributed by atoms with Crippen molar-refractivity contribution in [2.24, 2.45) is 0 Å². The van der Waals surface area contributed by atoms with E-state index in [4.69, 9.17) is 9.84 Å². The number of aromatic carboxylic acids is 1. The van der Waals surface area contributed by atoms with Crippen LogP contribution in [0.25, 0.3) is 0 Å². The second-order valence-electron chi connectivity index (χ2n) is 5.53. The first kappa shape index (κ1) is 15.0. The number of hydrogen-bond acceptors (Lipinski definition) is 3. The van der Waals surface area contributed by atoms with Crippen LogP contribution in [-0.4, -0.2) is 16.1 Å². The van der Waals surface area contributed by atoms with Gasteiger partial charge >= 0.3 is 5.97 Å². The van der Waals surface area contributed by atoms with Crippen molar-refractivity contribution in [3.05, 3.63) is 53.7 Å². The number of hydrogen-bond donors (Lipinski definition) is 1. The van der Waals surface area contributed by atoms with Crippen molar-refractivity contribution in [3.63, 3.8) is 0 Å². The predicted molar refractivity (Wildman–Crippen MR) is 81.0 cm³/mol. The quantitative estimate of drug-likeness (QED) is 0.891. The molecule has 4 heteroatoms. The minimum Gasteiger partial charge on any atom is -0.477 e. The number of carboxylic acids is 1. The van der Waals surface area contributed by atoms with Crippen molar-refractivity contribution in [2.75, 3.05) is 0 Å². The Morgan fingerprint density at radius 2 is 1.86 bits per heavy atom. The first-order valence-corrected chi connectivity index (χ1v) is 6.91. The third kappa shape index (κ3) is 3.60. The summed E-state index contributed by atoms with van der Waals surface area (Å²) in [5.41, 5.74) is 1.33. The van der Waals surface area contributed by atoms with Gasteiger partial charge in [-0.15, -0.1) is 0 Å². The second-order valence-corrected chi connectivity index (χ2v) is 5.53. The molecule has 0 aliphatic carbocycles. The molecule has 1 heterocycles. The molecule has 0 aliphatic heterocycles. The lowest BCUT2D eigenvalue weighted by atomic mass is 9.82. The molecule has 1 aromatic carbocycles. The minimum absolute atomic E-state index is 0.0313. The fraction of sp³-hybridized carbons (Fsp3) is 0.294. The Morgan fingerprint density at radius 1 is 1.19 bits per heavy atom. The smallest absolute Gasteiger partial charge is 0.354 e. The van der Waals surface area contributed by atoms with Gasteiger partial charge in [-0.1, -0.05) is 39.0 Å². The van der Waals surface area contributed by atoms with Crippen LogP contribution in [0.4, 0.5) is 0 Å². The summed E-state index contributed by atoms with van der Waals surface area (Å²) in [5.74, 6) is -0.154. The van der Waals surface area contributed by atoms with Crippen LogP contribution in [-0.2, 0) is 5.41 Å². The third-order valence-electron chi connectivity index (χ3n) is 3.68. The van der Waals surface area contributed by atoms with E-state index < -0.39 is 5.97 Å². The fourth-order valence-electron chi connectivity index (χ4n) is 1.89. The molecule has 0 bridgehead atoms. The van der Waals surface area contributed by atoms with Crippen molar-refractivity contribution < 1.29 is 14.6 Å². The van der Waals surface area contributed by atoms with Crippen LogP contribution < -0.4 is 4.74 Å². The molecule has 0 aliphatic rings. The van der Waals surface area contributed by atoms with E-state index in [2.05, 4.69) is 25.8 Å². The van der Waals surface area contributed by atoms with E-state index in [0.717, 1.165) is 6.42 Å². The minimum atomic E-state index is -1.07. The molecule has 110 valence electrons. The number of rotatable bonds is 5. The first-order valence-electron chi connectivity index (χ1n) is 6.91. The van der Waals surface area contributed by atoms with Crippen molar-refractivity contribution in [1.82, 2.24) is 4.98 Å². The molecule has 0 atom stereocenters. The van der Waals surface area contributed by atoms with Crippen LogP contribution in [0.5, 0.6) is 11.6 Å². The molecule has 4 nitrogen and oxygen atoms in total. The Morgan fingerprint density at radius 3 is 2.43 bits per heavy atom. The average Bonchev–Trinajstić information content (AvgIpc) is 2.48. The average molecular weight is 285 g/mol. The van der Waals surface area contributed by atoms with E-state index >= 15 is 0 Å². The van der Waals surface area contributed by atoms with Crippen LogP contribution in [0, 0.1) is 0 Å². The monoisotopic (exact) mass is 285 g/mol. The zero-order valence-corrected chi connectivity index (χ0v) is 12.5. The van der Waals surface area contributed by atoms with E-state index in [1.165, 1.54) is 11.6 Å². The van der Waals surface area contributed by atoms with Gasteiger partial charge < -0.3 is 9.84 Å². The summed E-state index contributed by atoms with van der Waals surface area (Å²) >= 11 is 0. The summed E-state index contributed by atoms with van der Waals surface area (Å²) in [6.45, 7) is 6.55. The number of nitrogens with zero attached hydrogens (tertiary/aromatic N) is 1. The molecule has 0 radical (unpaired) electrons. The highest BCUT2D eigenvalue weighted by Crippen LogP contribution is 2.29. The zero-order valence-electron chi connectivity index (χ0n) is 12.5.